The first-order valence-electron chi connectivity index (χ1n) is 6.75. The highest BCUT2D eigenvalue weighted by Crippen LogP contribution is 2.39. The molecule has 0 saturated heterocycles. The van der Waals surface area contributed by atoms with Crippen molar-refractivity contribution < 1.29 is 4.79 Å². The number of rotatable bonds is 1. The van der Waals surface area contributed by atoms with Crippen molar-refractivity contribution in [2.75, 3.05) is 0 Å². The highest BCUT2D eigenvalue weighted by molar-refractivity contribution is 7.10. The Morgan fingerprint density at radius 2 is 2.00 bits per heavy atom. The van der Waals surface area contributed by atoms with Gasteiger partial charge in [0, 0.05) is 10.4 Å². The summed E-state index contributed by atoms with van der Waals surface area (Å²) >= 11 is 1.69. The molecule has 20 heavy (non-hydrogen) atoms. The average Bonchev–Trinajstić information content (AvgIpc) is 3.00. The van der Waals surface area contributed by atoms with Gasteiger partial charge < -0.3 is 10.6 Å². The number of hydrogen-bond donors (Lipinski definition) is 2. The fraction of sp³-hybridized carbons (Fsp3) is 0.188. The summed E-state index contributed by atoms with van der Waals surface area (Å²) in [6.07, 6.45) is 2.02. The van der Waals surface area contributed by atoms with Crippen LogP contribution in [0.15, 0.2) is 47.4 Å². The van der Waals surface area contributed by atoms with Crippen molar-refractivity contribution in [2.24, 2.45) is 0 Å². The van der Waals surface area contributed by atoms with Crippen LogP contribution in [0.1, 0.15) is 28.5 Å². The predicted octanol–water partition coefficient (Wildman–Crippen LogP) is 3.46. The molecule has 2 aliphatic rings. The maximum absolute atomic E-state index is 12.0. The number of nitrogens with one attached hydrogen (secondary N) is 2. The topological polar surface area (TPSA) is 41.1 Å². The predicted molar refractivity (Wildman–Crippen MR) is 80.4 cm³/mol. The van der Waals surface area contributed by atoms with Crippen molar-refractivity contribution in [3.8, 4) is 0 Å². The minimum Gasteiger partial charge on any atom is -0.326 e. The van der Waals surface area contributed by atoms with Crippen LogP contribution in [0.2, 0.25) is 0 Å². The summed E-state index contributed by atoms with van der Waals surface area (Å²) in [5.41, 5.74) is 4.79. The zero-order valence-corrected chi connectivity index (χ0v) is 11.7. The van der Waals surface area contributed by atoms with Gasteiger partial charge in [0.05, 0.1) is 11.7 Å². The van der Waals surface area contributed by atoms with Crippen LogP contribution >= 0.6 is 11.3 Å². The zero-order chi connectivity index (χ0) is 13.5. The fourth-order valence-corrected chi connectivity index (χ4v) is 3.86. The van der Waals surface area contributed by atoms with Gasteiger partial charge in [0.2, 0.25) is 0 Å². The van der Waals surface area contributed by atoms with E-state index in [0.29, 0.717) is 0 Å². The first kappa shape index (κ1) is 11.7. The minimum absolute atomic E-state index is 0.0205. The molecule has 0 unspecified atom stereocenters. The lowest BCUT2D eigenvalue weighted by Crippen LogP contribution is -2.44. The molecule has 3 nitrogen and oxygen atoms in total. The molecule has 0 saturated carbocycles. The SMILES string of the molecule is O=C1NC2=C(CCc3ccccc32)[C@@H](c2cccs2)N1. The Labute approximate surface area is 121 Å². The molecule has 1 aliphatic heterocycles. The van der Waals surface area contributed by atoms with Gasteiger partial charge in [-0.15, -0.1) is 11.3 Å². The molecule has 2 N–H and O–H groups in total. The van der Waals surface area contributed by atoms with Crippen molar-refractivity contribution in [1.29, 1.82) is 0 Å². The van der Waals surface area contributed by atoms with Crippen LogP contribution in [-0.4, -0.2) is 6.03 Å². The summed E-state index contributed by atoms with van der Waals surface area (Å²) < 4.78 is 0. The zero-order valence-electron chi connectivity index (χ0n) is 10.8. The second-order valence-corrected chi connectivity index (χ2v) is 6.08. The van der Waals surface area contributed by atoms with Crippen LogP contribution in [0.3, 0.4) is 0 Å². The standard InChI is InChI=1S/C16H14N2OS/c19-16-17-14-11-5-2-1-4-10(11)7-8-12(14)15(18-16)13-6-3-9-20-13/h1-6,9,15H,7-8H2,(H2,17,18,19)/t15-/m0/s1. The first-order chi connectivity index (χ1) is 9.83. The molecule has 0 bridgehead atoms. The molecule has 100 valence electrons. The van der Waals surface area contributed by atoms with E-state index in [1.165, 1.54) is 21.6 Å². The number of carbonyl (C=O) groups is 1. The molecule has 4 heteroatoms. The van der Waals surface area contributed by atoms with Gasteiger partial charge in [0.25, 0.3) is 0 Å². The molecule has 1 aliphatic carbocycles. The summed E-state index contributed by atoms with van der Waals surface area (Å²) in [7, 11) is 0. The summed E-state index contributed by atoms with van der Waals surface area (Å²) in [5.74, 6) is 0. The Kier molecular flexibility index (Phi) is 2.63. The third-order valence-electron chi connectivity index (χ3n) is 3.96. The largest absolute Gasteiger partial charge is 0.326 e. The number of benzene rings is 1. The van der Waals surface area contributed by atoms with Gasteiger partial charge in [-0.1, -0.05) is 30.3 Å². The number of carbonyl (C=O) groups excluding carboxylic acids is 1. The first-order valence-corrected chi connectivity index (χ1v) is 7.63. The molecule has 4 rings (SSSR count). The highest BCUT2D eigenvalue weighted by atomic mass is 32.1. The molecule has 2 amide bonds. The van der Waals surface area contributed by atoms with E-state index < -0.39 is 0 Å². The second kappa shape index (κ2) is 4.49. The van der Waals surface area contributed by atoms with Gasteiger partial charge in [-0.2, -0.15) is 0 Å². The monoisotopic (exact) mass is 282 g/mol. The number of aryl methyl sites for hydroxylation is 1. The Hall–Kier alpha value is -2.07. The smallest absolute Gasteiger partial charge is 0.320 e. The van der Waals surface area contributed by atoms with Crippen molar-refractivity contribution >= 4 is 23.1 Å². The Balaban J connectivity index is 1.87. The average molecular weight is 282 g/mol. The van der Waals surface area contributed by atoms with Gasteiger partial charge in [-0.3, -0.25) is 0 Å². The molecule has 0 radical (unpaired) electrons. The molecule has 0 fully saturated rings. The molecular formula is C16H14N2OS. The summed E-state index contributed by atoms with van der Waals surface area (Å²) in [5, 5.41) is 8.11. The Bertz CT molecular complexity index is 703. The van der Waals surface area contributed by atoms with E-state index in [9.17, 15) is 4.79 Å². The van der Waals surface area contributed by atoms with Crippen LogP contribution < -0.4 is 10.6 Å². The summed E-state index contributed by atoms with van der Waals surface area (Å²) in [6.45, 7) is 0. The van der Waals surface area contributed by atoms with Crippen LogP contribution in [0.4, 0.5) is 4.79 Å². The molecule has 2 aromatic rings. The number of amides is 2. The maximum Gasteiger partial charge on any atom is 0.320 e. The lowest BCUT2D eigenvalue weighted by atomic mass is 9.84. The normalized spacial score (nSPS) is 20.8. The van der Waals surface area contributed by atoms with E-state index in [1.54, 1.807) is 11.3 Å². The lowest BCUT2D eigenvalue weighted by Gasteiger charge is -2.33. The van der Waals surface area contributed by atoms with Gasteiger partial charge in [-0.05, 0) is 35.4 Å². The Morgan fingerprint density at radius 1 is 1.10 bits per heavy atom. The molecule has 0 spiro atoms. The third-order valence-corrected chi connectivity index (χ3v) is 4.90. The number of urea groups is 1. The van der Waals surface area contributed by atoms with E-state index in [4.69, 9.17) is 0 Å². The van der Waals surface area contributed by atoms with E-state index in [1.807, 2.05) is 12.1 Å². The molecule has 2 heterocycles. The van der Waals surface area contributed by atoms with Crippen LogP contribution in [0.25, 0.3) is 5.70 Å². The van der Waals surface area contributed by atoms with Crippen molar-refractivity contribution in [1.82, 2.24) is 10.6 Å². The van der Waals surface area contributed by atoms with Crippen LogP contribution in [0.5, 0.6) is 0 Å². The van der Waals surface area contributed by atoms with Gasteiger partial charge in [0.1, 0.15) is 0 Å². The van der Waals surface area contributed by atoms with E-state index in [2.05, 4.69) is 40.3 Å². The lowest BCUT2D eigenvalue weighted by molar-refractivity contribution is 0.240. The van der Waals surface area contributed by atoms with Crippen molar-refractivity contribution in [3.63, 3.8) is 0 Å². The van der Waals surface area contributed by atoms with Gasteiger partial charge in [0.15, 0.2) is 0 Å². The quantitative estimate of drug-likeness (QED) is 0.826. The van der Waals surface area contributed by atoms with Crippen LogP contribution in [0, 0.1) is 0 Å². The minimum atomic E-state index is -0.112. The maximum atomic E-state index is 12.0. The van der Waals surface area contributed by atoms with Crippen molar-refractivity contribution in [2.45, 2.75) is 18.9 Å². The molecule has 1 aromatic heterocycles. The number of fused-ring (bicyclic) bond motifs is 2. The summed E-state index contributed by atoms with van der Waals surface area (Å²) in [4.78, 5) is 13.2. The fourth-order valence-electron chi connectivity index (χ4n) is 3.05. The summed E-state index contributed by atoms with van der Waals surface area (Å²) in [6, 6.07) is 12.4. The molecule has 1 aromatic carbocycles. The highest BCUT2D eigenvalue weighted by Gasteiger charge is 2.32. The molecular weight excluding hydrogens is 268 g/mol. The molecule has 1 atom stereocenters. The van der Waals surface area contributed by atoms with E-state index in [-0.39, 0.29) is 12.1 Å². The van der Waals surface area contributed by atoms with Gasteiger partial charge in [-0.25, -0.2) is 4.79 Å². The second-order valence-electron chi connectivity index (χ2n) is 5.10. The third kappa shape index (κ3) is 1.76. The number of hydrogen-bond acceptors (Lipinski definition) is 2. The number of thiophene rings is 1. The Morgan fingerprint density at radius 3 is 2.85 bits per heavy atom. The van der Waals surface area contributed by atoms with Crippen molar-refractivity contribution in [3.05, 3.63) is 63.4 Å². The van der Waals surface area contributed by atoms with E-state index >= 15 is 0 Å². The van der Waals surface area contributed by atoms with Gasteiger partial charge >= 0.3 is 6.03 Å². The van der Waals surface area contributed by atoms with Crippen LogP contribution in [-0.2, 0) is 6.42 Å². The van der Waals surface area contributed by atoms with E-state index in [0.717, 1.165) is 18.5 Å².